The molecule has 0 aliphatic heterocycles. The van der Waals surface area contributed by atoms with Gasteiger partial charge >= 0.3 is 0 Å². The monoisotopic (exact) mass is 186 g/mol. The zero-order valence-electron chi connectivity index (χ0n) is 9.71. The van der Waals surface area contributed by atoms with E-state index >= 15 is 0 Å². The highest BCUT2D eigenvalue weighted by molar-refractivity contribution is 4.75. The molecule has 1 fully saturated rings. The first-order valence-electron chi connectivity index (χ1n) is 5.51. The predicted octanol–water partition coefficient (Wildman–Crippen LogP) is 2.23. The number of hydrogen-bond donors (Lipinski definition) is 1. The van der Waals surface area contributed by atoms with Gasteiger partial charge < -0.3 is 10.6 Å². The van der Waals surface area contributed by atoms with Crippen molar-refractivity contribution in [2.75, 3.05) is 14.1 Å². The molecule has 1 saturated carbocycles. The minimum Gasteiger partial charge on any atom is -0.333 e. The molecule has 1 aliphatic rings. The summed E-state index contributed by atoms with van der Waals surface area (Å²) in [7, 11) is 3.76. The third-order valence-electron chi connectivity index (χ3n) is 2.97. The molecule has 1 aliphatic carbocycles. The maximum Gasteiger partial charge on any atom is 0.00949 e. The molecule has 0 heterocycles. The van der Waals surface area contributed by atoms with E-state index in [1.54, 1.807) is 0 Å². The summed E-state index contributed by atoms with van der Waals surface area (Å²) in [4.78, 5) is 2.53. The van der Waals surface area contributed by atoms with E-state index in [-0.39, 0.29) is 0 Å². The van der Waals surface area contributed by atoms with Crippen LogP contribution >= 0.6 is 0 Å². The lowest BCUT2D eigenvalue weighted by Crippen LogP contribution is -2.38. The molecule has 0 amide bonds. The Bertz CT molecular complexity index is 107. The lowest BCUT2D eigenvalue weighted by molar-refractivity contribution is 0.155. The highest BCUT2D eigenvalue weighted by Crippen LogP contribution is 2.22. The number of hydrogen-bond acceptors (Lipinski definition) is 2. The van der Waals surface area contributed by atoms with E-state index in [0.717, 1.165) is 12.1 Å². The third kappa shape index (κ3) is 4.63. The van der Waals surface area contributed by atoms with E-state index in [0.29, 0.717) is 0 Å². The van der Waals surface area contributed by atoms with E-state index in [1.807, 2.05) is 0 Å². The molecule has 0 aromatic rings. The van der Waals surface area contributed by atoms with Crippen molar-refractivity contribution in [2.24, 2.45) is 5.73 Å². The number of rotatable bonds is 2. The van der Waals surface area contributed by atoms with Crippen LogP contribution in [-0.4, -0.2) is 31.1 Å². The van der Waals surface area contributed by atoms with Crippen LogP contribution in [0.3, 0.4) is 0 Å². The van der Waals surface area contributed by atoms with Crippen molar-refractivity contribution in [1.82, 2.24) is 4.90 Å². The normalized spacial score (nSPS) is 18.7. The summed E-state index contributed by atoms with van der Waals surface area (Å²) in [6.07, 6.45) is 7.20. The molecule has 13 heavy (non-hydrogen) atoms. The van der Waals surface area contributed by atoms with Crippen LogP contribution in [0.15, 0.2) is 0 Å². The van der Waals surface area contributed by atoms with Crippen LogP contribution in [0, 0.1) is 0 Å². The van der Waals surface area contributed by atoms with Crippen molar-refractivity contribution in [3.63, 3.8) is 0 Å². The lowest BCUT2D eigenvalue weighted by Gasteiger charge is -2.33. The number of nitrogens with zero attached hydrogens (tertiary/aromatic N) is 1. The second-order valence-electron chi connectivity index (χ2n) is 4.05. The number of nitrogens with two attached hydrogens (primary N) is 1. The van der Waals surface area contributed by atoms with Crippen LogP contribution in [0.25, 0.3) is 0 Å². The molecule has 2 N–H and O–H groups in total. The van der Waals surface area contributed by atoms with Gasteiger partial charge in [0.15, 0.2) is 0 Å². The zero-order valence-corrected chi connectivity index (χ0v) is 9.71. The topological polar surface area (TPSA) is 29.3 Å². The zero-order chi connectivity index (χ0) is 10.3. The molecule has 0 saturated heterocycles. The van der Waals surface area contributed by atoms with E-state index in [1.165, 1.54) is 39.2 Å². The molecular weight excluding hydrogens is 160 g/mol. The maximum absolute atomic E-state index is 4.50. The van der Waals surface area contributed by atoms with Crippen molar-refractivity contribution in [2.45, 2.75) is 58.0 Å². The van der Waals surface area contributed by atoms with Crippen LogP contribution in [0.4, 0.5) is 0 Å². The summed E-state index contributed by atoms with van der Waals surface area (Å²) in [6.45, 7) is 4.57. The van der Waals surface area contributed by atoms with Crippen molar-refractivity contribution < 1.29 is 0 Å². The van der Waals surface area contributed by atoms with E-state index in [4.69, 9.17) is 0 Å². The molecule has 0 bridgehead atoms. The van der Waals surface area contributed by atoms with Crippen LogP contribution in [0.2, 0.25) is 0 Å². The average molecular weight is 186 g/mol. The van der Waals surface area contributed by atoms with Gasteiger partial charge in [0.25, 0.3) is 0 Å². The summed E-state index contributed by atoms with van der Waals surface area (Å²) in [5.74, 6) is 0. The van der Waals surface area contributed by atoms with Gasteiger partial charge in [-0.15, -0.1) is 0 Å². The second kappa shape index (κ2) is 7.34. The highest BCUT2D eigenvalue weighted by atomic mass is 15.1. The smallest absolute Gasteiger partial charge is 0.00949 e. The van der Waals surface area contributed by atoms with E-state index < -0.39 is 0 Å². The van der Waals surface area contributed by atoms with Crippen molar-refractivity contribution >= 4 is 0 Å². The van der Waals surface area contributed by atoms with Crippen LogP contribution in [0.5, 0.6) is 0 Å². The van der Waals surface area contributed by atoms with Gasteiger partial charge in [-0.25, -0.2) is 0 Å². The summed E-state index contributed by atoms with van der Waals surface area (Å²) in [5, 5.41) is 0. The van der Waals surface area contributed by atoms with Gasteiger partial charge in [-0.2, -0.15) is 0 Å². The van der Waals surface area contributed by atoms with Gasteiger partial charge in [-0.05, 0) is 40.8 Å². The SMILES string of the molecule is CC(C)N(C)C1CCCCC1.CN. The summed E-state index contributed by atoms with van der Waals surface area (Å²) < 4.78 is 0. The Morgan fingerprint density at radius 1 is 1.08 bits per heavy atom. The summed E-state index contributed by atoms with van der Waals surface area (Å²) in [5.41, 5.74) is 4.50. The molecule has 0 spiro atoms. The molecular formula is C11H26N2. The Balaban J connectivity index is 0.000000671. The molecule has 1 rings (SSSR count). The summed E-state index contributed by atoms with van der Waals surface area (Å²) in [6, 6.07) is 1.60. The highest BCUT2D eigenvalue weighted by Gasteiger charge is 2.19. The molecule has 0 radical (unpaired) electrons. The molecule has 2 heteroatoms. The average Bonchev–Trinajstić information content (AvgIpc) is 2.21. The van der Waals surface area contributed by atoms with Crippen LogP contribution < -0.4 is 5.73 Å². The van der Waals surface area contributed by atoms with Crippen molar-refractivity contribution in [3.8, 4) is 0 Å². The minimum atomic E-state index is 0.720. The lowest BCUT2D eigenvalue weighted by atomic mass is 9.94. The molecule has 0 aromatic heterocycles. The Kier molecular flexibility index (Phi) is 7.29. The fourth-order valence-electron chi connectivity index (χ4n) is 1.91. The first-order valence-corrected chi connectivity index (χ1v) is 5.51. The first kappa shape index (κ1) is 12.9. The Morgan fingerprint density at radius 3 is 1.92 bits per heavy atom. The Hall–Kier alpha value is -0.0800. The predicted molar refractivity (Wildman–Crippen MR) is 59.9 cm³/mol. The fraction of sp³-hybridized carbons (Fsp3) is 1.00. The fourth-order valence-corrected chi connectivity index (χ4v) is 1.91. The molecule has 0 atom stereocenters. The Morgan fingerprint density at radius 2 is 1.54 bits per heavy atom. The van der Waals surface area contributed by atoms with Gasteiger partial charge in [0.2, 0.25) is 0 Å². The standard InChI is InChI=1S/C10H21N.CH5N/c1-9(2)11(3)10-7-5-4-6-8-10;1-2/h9-10H,4-8H2,1-3H3;2H2,1H3. The maximum atomic E-state index is 4.50. The second-order valence-corrected chi connectivity index (χ2v) is 4.05. The molecule has 80 valence electrons. The largest absolute Gasteiger partial charge is 0.333 e. The quantitative estimate of drug-likeness (QED) is 0.716. The minimum absolute atomic E-state index is 0.720. The first-order chi connectivity index (χ1) is 6.22. The van der Waals surface area contributed by atoms with E-state index in [9.17, 15) is 0 Å². The van der Waals surface area contributed by atoms with Gasteiger partial charge in [0, 0.05) is 12.1 Å². The molecule has 0 aromatic carbocycles. The van der Waals surface area contributed by atoms with Crippen LogP contribution in [-0.2, 0) is 0 Å². The molecule has 0 unspecified atom stereocenters. The van der Waals surface area contributed by atoms with Gasteiger partial charge in [-0.3, -0.25) is 0 Å². The van der Waals surface area contributed by atoms with Gasteiger partial charge in [0.1, 0.15) is 0 Å². The summed E-state index contributed by atoms with van der Waals surface area (Å²) >= 11 is 0. The molecule has 2 nitrogen and oxygen atoms in total. The van der Waals surface area contributed by atoms with Gasteiger partial charge in [0.05, 0.1) is 0 Å². The Labute approximate surface area is 83.5 Å². The van der Waals surface area contributed by atoms with Crippen LogP contribution in [0.1, 0.15) is 46.0 Å². The third-order valence-corrected chi connectivity index (χ3v) is 2.97. The van der Waals surface area contributed by atoms with Crippen molar-refractivity contribution in [3.05, 3.63) is 0 Å². The van der Waals surface area contributed by atoms with Gasteiger partial charge in [-0.1, -0.05) is 19.3 Å². The van der Waals surface area contributed by atoms with E-state index in [2.05, 4.69) is 31.5 Å². The van der Waals surface area contributed by atoms with Crippen molar-refractivity contribution in [1.29, 1.82) is 0 Å².